The van der Waals surface area contributed by atoms with Crippen molar-refractivity contribution in [2.45, 2.75) is 20.8 Å². The van der Waals surface area contributed by atoms with Crippen LogP contribution in [0, 0.1) is 13.8 Å². The summed E-state index contributed by atoms with van der Waals surface area (Å²) < 4.78 is 10.5. The summed E-state index contributed by atoms with van der Waals surface area (Å²) in [5.41, 5.74) is 9.78. The number of carbonyl (C=O) groups is 1. The first-order valence-corrected chi connectivity index (χ1v) is 9.57. The summed E-state index contributed by atoms with van der Waals surface area (Å²) in [6.07, 6.45) is 0. The number of rotatable bonds is 4. The highest BCUT2D eigenvalue weighted by Crippen LogP contribution is 2.40. The van der Waals surface area contributed by atoms with Gasteiger partial charge in [0.25, 0.3) is 5.89 Å². The van der Waals surface area contributed by atoms with E-state index < -0.39 is 5.97 Å². The van der Waals surface area contributed by atoms with Crippen LogP contribution in [-0.4, -0.2) is 27.7 Å². The molecule has 3 heterocycles. The maximum absolute atomic E-state index is 12.1. The summed E-state index contributed by atoms with van der Waals surface area (Å²) in [5, 5.41) is 4.73. The van der Waals surface area contributed by atoms with Gasteiger partial charge in [-0.05, 0) is 26.8 Å². The molecule has 1 aromatic carbocycles. The van der Waals surface area contributed by atoms with E-state index in [9.17, 15) is 4.79 Å². The minimum absolute atomic E-state index is 0.296. The van der Waals surface area contributed by atoms with Gasteiger partial charge in [-0.3, -0.25) is 0 Å². The largest absolute Gasteiger partial charge is 0.462 e. The molecule has 4 rings (SSSR count). The zero-order valence-corrected chi connectivity index (χ0v) is 16.5. The van der Waals surface area contributed by atoms with Crippen LogP contribution in [0.5, 0.6) is 0 Å². The summed E-state index contributed by atoms with van der Waals surface area (Å²) in [5.74, 6) is 0.399. The first-order valence-electron chi connectivity index (χ1n) is 8.75. The molecule has 7 nitrogen and oxygen atoms in total. The van der Waals surface area contributed by atoms with Crippen LogP contribution in [-0.2, 0) is 4.74 Å². The predicted octanol–water partition coefficient (Wildman–Crippen LogP) is 4.39. The molecule has 8 heteroatoms. The van der Waals surface area contributed by atoms with Gasteiger partial charge in [0.15, 0.2) is 0 Å². The van der Waals surface area contributed by atoms with Crippen molar-refractivity contribution in [1.82, 2.24) is 15.1 Å². The Morgan fingerprint density at radius 3 is 2.68 bits per heavy atom. The zero-order valence-electron chi connectivity index (χ0n) is 15.6. The first kappa shape index (κ1) is 18.1. The topological polar surface area (TPSA) is 104 Å². The summed E-state index contributed by atoms with van der Waals surface area (Å²) in [4.78, 5) is 22.5. The SMILES string of the molecule is CCOC(=O)c1cc2c(N)c(-c3nc(-c4ccc(C)cc4)no3)sc2nc1C. The van der Waals surface area contributed by atoms with E-state index in [4.69, 9.17) is 15.0 Å². The van der Waals surface area contributed by atoms with Crippen molar-refractivity contribution in [3.63, 3.8) is 0 Å². The van der Waals surface area contributed by atoms with E-state index in [1.807, 2.05) is 31.2 Å². The number of benzene rings is 1. The molecule has 142 valence electrons. The number of esters is 1. The lowest BCUT2D eigenvalue weighted by Crippen LogP contribution is -2.07. The fraction of sp³-hybridized carbons (Fsp3) is 0.200. The monoisotopic (exact) mass is 394 g/mol. The minimum atomic E-state index is -0.416. The van der Waals surface area contributed by atoms with Crippen LogP contribution in [0.4, 0.5) is 5.69 Å². The van der Waals surface area contributed by atoms with Gasteiger partial charge < -0.3 is 15.0 Å². The number of anilines is 1. The second-order valence-electron chi connectivity index (χ2n) is 6.33. The molecule has 0 amide bonds. The van der Waals surface area contributed by atoms with Gasteiger partial charge in [0, 0.05) is 10.9 Å². The van der Waals surface area contributed by atoms with Crippen LogP contribution in [0.25, 0.3) is 32.4 Å². The third kappa shape index (κ3) is 3.11. The predicted molar refractivity (Wildman–Crippen MR) is 108 cm³/mol. The number of pyridine rings is 1. The van der Waals surface area contributed by atoms with Crippen molar-refractivity contribution < 1.29 is 14.1 Å². The molecule has 0 bridgehead atoms. The number of ether oxygens (including phenoxy) is 1. The van der Waals surface area contributed by atoms with Crippen LogP contribution >= 0.6 is 11.3 Å². The van der Waals surface area contributed by atoms with Crippen molar-refractivity contribution in [1.29, 1.82) is 0 Å². The molecule has 0 saturated heterocycles. The molecule has 2 N–H and O–H groups in total. The molecule has 0 unspecified atom stereocenters. The number of aryl methyl sites for hydroxylation is 2. The molecule has 0 saturated carbocycles. The van der Waals surface area contributed by atoms with Crippen LogP contribution in [0.2, 0.25) is 0 Å². The third-order valence-corrected chi connectivity index (χ3v) is 5.44. The van der Waals surface area contributed by atoms with Crippen molar-refractivity contribution in [3.05, 3.63) is 47.2 Å². The van der Waals surface area contributed by atoms with Crippen LogP contribution in [0.1, 0.15) is 28.5 Å². The Hall–Kier alpha value is -3.26. The minimum Gasteiger partial charge on any atom is -0.462 e. The molecule has 0 atom stereocenters. The van der Waals surface area contributed by atoms with Gasteiger partial charge in [0.1, 0.15) is 9.71 Å². The van der Waals surface area contributed by atoms with E-state index in [2.05, 4.69) is 15.1 Å². The lowest BCUT2D eigenvalue weighted by molar-refractivity contribution is 0.0525. The first-order chi connectivity index (χ1) is 13.5. The maximum atomic E-state index is 12.1. The van der Waals surface area contributed by atoms with E-state index in [-0.39, 0.29) is 0 Å². The number of nitrogens with two attached hydrogens (primary N) is 1. The Bertz CT molecular complexity index is 1180. The van der Waals surface area contributed by atoms with E-state index in [0.717, 1.165) is 11.1 Å². The molecule has 0 fully saturated rings. The Labute approximate surface area is 165 Å². The Morgan fingerprint density at radius 2 is 1.96 bits per heavy atom. The molecule has 0 spiro atoms. The molecule has 0 aliphatic heterocycles. The van der Waals surface area contributed by atoms with Crippen LogP contribution in [0.3, 0.4) is 0 Å². The molecule has 0 radical (unpaired) electrons. The lowest BCUT2D eigenvalue weighted by atomic mass is 10.1. The standard InChI is InChI=1S/C20H18N4O3S/c1-4-26-20(25)13-9-14-15(21)16(28-19(14)22-11(13)3)18-23-17(24-27-18)12-7-5-10(2)6-8-12/h5-9H,4,21H2,1-3H3. The summed E-state index contributed by atoms with van der Waals surface area (Å²) in [6.45, 7) is 5.84. The Kier molecular flexibility index (Phi) is 4.56. The summed E-state index contributed by atoms with van der Waals surface area (Å²) in [6, 6.07) is 9.57. The molecule has 0 aliphatic carbocycles. The fourth-order valence-electron chi connectivity index (χ4n) is 2.84. The highest BCUT2D eigenvalue weighted by Gasteiger charge is 2.21. The second kappa shape index (κ2) is 7.05. The van der Waals surface area contributed by atoms with Crippen LogP contribution < -0.4 is 5.73 Å². The van der Waals surface area contributed by atoms with Gasteiger partial charge in [-0.1, -0.05) is 35.0 Å². The Balaban J connectivity index is 1.76. The molecule has 3 aromatic heterocycles. The van der Waals surface area contributed by atoms with Gasteiger partial charge in [0.2, 0.25) is 5.82 Å². The lowest BCUT2D eigenvalue weighted by Gasteiger charge is -2.05. The van der Waals surface area contributed by atoms with E-state index in [1.54, 1.807) is 19.9 Å². The Morgan fingerprint density at radius 1 is 1.21 bits per heavy atom. The number of nitrogens with zero attached hydrogens (tertiary/aromatic N) is 3. The molecular weight excluding hydrogens is 376 g/mol. The van der Waals surface area contributed by atoms with Crippen molar-refractivity contribution in [3.8, 4) is 22.2 Å². The molecule has 0 aliphatic rings. The number of hydrogen-bond acceptors (Lipinski definition) is 8. The van der Waals surface area contributed by atoms with E-state index in [1.165, 1.54) is 11.3 Å². The van der Waals surface area contributed by atoms with Gasteiger partial charge >= 0.3 is 5.97 Å². The average molecular weight is 394 g/mol. The summed E-state index contributed by atoms with van der Waals surface area (Å²) in [7, 11) is 0. The average Bonchev–Trinajstić information content (AvgIpc) is 3.27. The van der Waals surface area contributed by atoms with Gasteiger partial charge in [-0.2, -0.15) is 4.98 Å². The third-order valence-electron chi connectivity index (χ3n) is 4.34. The number of fused-ring (bicyclic) bond motifs is 1. The van der Waals surface area contributed by atoms with Crippen molar-refractivity contribution >= 4 is 33.2 Å². The number of hydrogen-bond donors (Lipinski definition) is 1. The van der Waals surface area contributed by atoms with Crippen LogP contribution in [0.15, 0.2) is 34.9 Å². The highest BCUT2D eigenvalue weighted by atomic mass is 32.1. The molecule has 4 aromatic rings. The van der Waals surface area contributed by atoms with Crippen molar-refractivity contribution in [2.24, 2.45) is 0 Å². The van der Waals surface area contributed by atoms with Gasteiger partial charge in [0.05, 0.1) is 23.6 Å². The quantitative estimate of drug-likeness (QED) is 0.512. The van der Waals surface area contributed by atoms with E-state index >= 15 is 0 Å². The highest BCUT2D eigenvalue weighted by molar-refractivity contribution is 7.22. The maximum Gasteiger partial charge on any atom is 0.339 e. The number of nitrogen functional groups attached to an aromatic ring is 1. The van der Waals surface area contributed by atoms with Gasteiger partial charge in [-0.15, -0.1) is 11.3 Å². The molecular formula is C20H18N4O3S. The van der Waals surface area contributed by atoms with Crippen molar-refractivity contribution in [2.75, 3.05) is 12.3 Å². The smallest absolute Gasteiger partial charge is 0.339 e. The summed E-state index contributed by atoms with van der Waals surface area (Å²) >= 11 is 1.35. The normalized spacial score (nSPS) is 11.1. The fourth-order valence-corrected chi connectivity index (χ4v) is 3.88. The zero-order chi connectivity index (χ0) is 19.8. The second-order valence-corrected chi connectivity index (χ2v) is 7.33. The number of thiophene rings is 1. The number of carbonyl (C=O) groups excluding carboxylic acids is 1. The van der Waals surface area contributed by atoms with E-state index in [0.29, 0.717) is 50.4 Å². The van der Waals surface area contributed by atoms with Gasteiger partial charge in [-0.25, -0.2) is 9.78 Å². The number of aromatic nitrogens is 3. The molecule has 28 heavy (non-hydrogen) atoms.